The van der Waals surface area contributed by atoms with Crippen LogP contribution in [0.25, 0.3) is 22.2 Å². The highest BCUT2D eigenvalue weighted by molar-refractivity contribution is 6.30. The summed E-state index contributed by atoms with van der Waals surface area (Å²) in [4.78, 5) is 18.2. The predicted molar refractivity (Wildman–Crippen MR) is 151 cm³/mol. The zero-order valence-electron chi connectivity index (χ0n) is 23.0. The summed E-state index contributed by atoms with van der Waals surface area (Å²) in [5.74, 6) is -0.751. The first-order valence-corrected chi connectivity index (χ1v) is 13.0. The minimum Gasteiger partial charge on any atom is -0.467 e. The molecule has 0 N–H and O–H groups in total. The number of hydrogen-bond acceptors (Lipinski definition) is 4. The van der Waals surface area contributed by atoms with Gasteiger partial charge in [0.25, 0.3) is 0 Å². The third-order valence-corrected chi connectivity index (χ3v) is 7.01. The number of ether oxygens (including phenoxy) is 2. The first-order valence-electron chi connectivity index (χ1n) is 12.6. The summed E-state index contributed by atoms with van der Waals surface area (Å²) in [5.41, 5.74) is 6.44. The summed E-state index contributed by atoms with van der Waals surface area (Å²) < 4.78 is 27.5. The lowest BCUT2D eigenvalue weighted by atomic mass is 9.91. The van der Waals surface area contributed by atoms with E-state index in [2.05, 4.69) is 18.4 Å². The highest BCUT2D eigenvalue weighted by atomic mass is 35.5. The van der Waals surface area contributed by atoms with Crippen LogP contribution in [0.1, 0.15) is 55.8 Å². The molecular weight excluding hydrogens is 503 g/mol. The van der Waals surface area contributed by atoms with Crippen LogP contribution in [0.5, 0.6) is 0 Å². The first kappa shape index (κ1) is 27.8. The molecule has 0 fully saturated rings. The Bertz CT molecular complexity index is 1470. The second-order valence-electron chi connectivity index (χ2n) is 10.6. The van der Waals surface area contributed by atoms with E-state index in [0.29, 0.717) is 29.2 Å². The van der Waals surface area contributed by atoms with Gasteiger partial charge >= 0.3 is 5.97 Å². The molecule has 38 heavy (non-hydrogen) atoms. The fourth-order valence-corrected chi connectivity index (χ4v) is 5.00. The molecule has 3 aromatic rings. The Morgan fingerprint density at radius 3 is 2.47 bits per heavy atom. The fraction of sp³-hybridized carbons (Fsp3) is 0.355. The summed E-state index contributed by atoms with van der Waals surface area (Å²) in [6.07, 6.45) is 6.32. The second-order valence-corrected chi connectivity index (χ2v) is 11.0. The molecule has 1 aliphatic carbocycles. The predicted octanol–water partition coefficient (Wildman–Crippen LogP) is 8.05. The van der Waals surface area contributed by atoms with E-state index >= 15 is 0 Å². The zero-order valence-corrected chi connectivity index (χ0v) is 23.7. The molecule has 0 saturated heterocycles. The first-order chi connectivity index (χ1) is 17.9. The number of pyridine rings is 1. The van der Waals surface area contributed by atoms with Gasteiger partial charge in [-0.15, -0.1) is 0 Å². The summed E-state index contributed by atoms with van der Waals surface area (Å²) in [7, 11) is 1.36. The molecule has 0 aliphatic heterocycles. The number of esters is 1. The molecule has 1 aromatic carbocycles. The van der Waals surface area contributed by atoms with Crippen LogP contribution in [0.4, 0.5) is 4.39 Å². The third kappa shape index (κ3) is 5.62. The topological polar surface area (TPSA) is 53.4 Å². The average molecular weight is 537 g/mol. The molecule has 2 heterocycles. The fourth-order valence-electron chi connectivity index (χ4n) is 4.88. The largest absolute Gasteiger partial charge is 0.467 e. The maximum atomic E-state index is 13.8. The number of carbonyl (C=O) groups is 1. The Hall–Kier alpha value is -3.22. The quantitative estimate of drug-likeness (QED) is 0.299. The molecule has 0 bridgehead atoms. The van der Waals surface area contributed by atoms with Crippen molar-refractivity contribution < 1.29 is 18.7 Å². The minimum absolute atomic E-state index is 0.262. The van der Waals surface area contributed by atoms with E-state index in [1.807, 2.05) is 64.1 Å². The number of halogens is 2. The van der Waals surface area contributed by atoms with E-state index in [1.165, 1.54) is 19.3 Å². The van der Waals surface area contributed by atoms with Gasteiger partial charge in [0.15, 0.2) is 6.10 Å². The van der Waals surface area contributed by atoms with Gasteiger partial charge in [0, 0.05) is 39.5 Å². The molecule has 0 amide bonds. The van der Waals surface area contributed by atoms with Crippen LogP contribution in [0.15, 0.2) is 60.0 Å². The van der Waals surface area contributed by atoms with E-state index < -0.39 is 17.7 Å². The van der Waals surface area contributed by atoms with Crippen LogP contribution >= 0.6 is 11.6 Å². The van der Waals surface area contributed by atoms with Gasteiger partial charge in [-0.3, -0.25) is 0 Å². The van der Waals surface area contributed by atoms with E-state index in [0.717, 1.165) is 39.0 Å². The van der Waals surface area contributed by atoms with E-state index in [9.17, 15) is 9.18 Å². The van der Waals surface area contributed by atoms with Crippen molar-refractivity contribution in [3.05, 3.63) is 87.5 Å². The van der Waals surface area contributed by atoms with Gasteiger partial charge in [-0.2, -0.15) is 0 Å². The van der Waals surface area contributed by atoms with Crippen molar-refractivity contribution in [2.45, 2.75) is 66.2 Å². The minimum atomic E-state index is -0.978. The van der Waals surface area contributed by atoms with Gasteiger partial charge in [-0.05, 0) is 88.9 Å². The van der Waals surface area contributed by atoms with Gasteiger partial charge < -0.3 is 14.0 Å². The highest BCUT2D eigenvalue weighted by Gasteiger charge is 2.34. The SMILES string of the molecule is COC(=O)C(OC(C)(C)C)c1c(C)nc2c(c(C)c(C)n2CC2=CC=C(F)C=CC2)c1-c1ccc(Cl)cc1. The molecule has 5 nitrogen and oxygen atoms in total. The number of aryl methyl sites for hydroxylation is 2. The monoisotopic (exact) mass is 536 g/mol. The van der Waals surface area contributed by atoms with Gasteiger partial charge in [0.1, 0.15) is 11.5 Å². The molecule has 4 rings (SSSR count). The molecular formula is C31H34ClFN2O3. The number of methoxy groups -OCH3 is 1. The molecule has 1 atom stereocenters. The maximum Gasteiger partial charge on any atom is 0.339 e. The number of hydrogen-bond donors (Lipinski definition) is 0. The van der Waals surface area contributed by atoms with Gasteiger partial charge in [-0.25, -0.2) is 14.2 Å². The van der Waals surface area contributed by atoms with Crippen molar-refractivity contribution in [1.29, 1.82) is 0 Å². The van der Waals surface area contributed by atoms with Crippen LogP contribution in [0.2, 0.25) is 5.02 Å². The van der Waals surface area contributed by atoms with Crippen molar-refractivity contribution in [3.63, 3.8) is 0 Å². The Balaban J connectivity index is 2.04. The second kappa shape index (κ2) is 10.9. The molecule has 2 aromatic heterocycles. The Morgan fingerprint density at radius 1 is 1.16 bits per heavy atom. The molecule has 7 heteroatoms. The van der Waals surface area contributed by atoms with Crippen LogP contribution < -0.4 is 0 Å². The van der Waals surface area contributed by atoms with E-state index in [1.54, 1.807) is 0 Å². The number of aromatic nitrogens is 2. The van der Waals surface area contributed by atoms with Gasteiger partial charge in [-0.1, -0.05) is 35.9 Å². The third-order valence-electron chi connectivity index (χ3n) is 6.76. The van der Waals surface area contributed by atoms with Crippen molar-refractivity contribution in [1.82, 2.24) is 9.55 Å². The highest BCUT2D eigenvalue weighted by Crippen LogP contribution is 2.42. The summed E-state index contributed by atoms with van der Waals surface area (Å²) >= 11 is 6.25. The Labute approximate surface area is 228 Å². The van der Waals surface area contributed by atoms with Crippen molar-refractivity contribution in [2.24, 2.45) is 0 Å². The zero-order chi connectivity index (χ0) is 27.8. The standard InChI is InChI=1S/C31H34ClFN2O3/c1-18-20(3)35(17-21-9-8-10-24(33)16-11-21)29-25(18)27(22-12-14-23(32)15-13-22)26(19(2)34-29)28(30(36)37-7)38-31(4,5)6/h8,10-16,28H,9,17H2,1-7H3. The number of carbonyl (C=O) groups excluding carboxylic acids is 1. The van der Waals surface area contributed by atoms with Crippen molar-refractivity contribution in [3.8, 4) is 11.1 Å². The Morgan fingerprint density at radius 2 is 1.84 bits per heavy atom. The molecule has 1 aliphatic rings. The molecule has 0 spiro atoms. The number of rotatable bonds is 6. The summed E-state index contributed by atoms with van der Waals surface area (Å²) in [6.45, 7) is 12.3. The van der Waals surface area contributed by atoms with Crippen LogP contribution in [-0.2, 0) is 20.8 Å². The number of allylic oxidation sites excluding steroid dienone is 6. The number of nitrogens with zero attached hydrogens (tertiary/aromatic N) is 2. The lowest BCUT2D eigenvalue weighted by Crippen LogP contribution is -2.29. The maximum absolute atomic E-state index is 13.8. The average Bonchev–Trinajstić information content (AvgIpc) is 2.98. The lowest BCUT2D eigenvalue weighted by Gasteiger charge is -2.29. The normalized spacial score (nSPS) is 14.8. The van der Waals surface area contributed by atoms with Crippen LogP contribution in [0.3, 0.4) is 0 Å². The van der Waals surface area contributed by atoms with Gasteiger partial charge in [0.2, 0.25) is 0 Å². The van der Waals surface area contributed by atoms with E-state index in [4.69, 9.17) is 26.1 Å². The smallest absolute Gasteiger partial charge is 0.339 e. The summed E-state index contributed by atoms with van der Waals surface area (Å²) in [6, 6.07) is 7.57. The van der Waals surface area contributed by atoms with Crippen molar-refractivity contribution >= 4 is 28.6 Å². The lowest BCUT2D eigenvalue weighted by molar-refractivity contribution is -0.164. The van der Waals surface area contributed by atoms with E-state index in [-0.39, 0.29) is 5.83 Å². The number of fused-ring (bicyclic) bond motifs is 1. The van der Waals surface area contributed by atoms with Crippen LogP contribution in [-0.4, -0.2) is 28.2 Å². The Kier molecular flexibility index (Phi) is 7.96. The molecule has 0 saturated carbocycles. The van der Waals surface area contributed by atoms with Gasteiger partial charge in [0.05, 0.1) is 12.7 Å². The number of benzene rings is 1. The molecule has 0 radical (unpaired) electrons. The van der Waals surface area contributed by atoms with Crippen molar-refractivity contribution in [2.75, 3.05) is 7.11 Å². The molecule has 200 valence electrons. The molecule has 1 unspecified atom stereocenters. The summed E-state index contributed by atoms with van der Waals surface area (Å²) in [5, 5.41) is 1.55. The van der Waals surface area contributed by atoms with Crippen LogP contribution in [0, 0.1) is 20.8 Å².